The molecule has 1 N–H and O–H groups in total. The minimum Gasteiger partial charge on any atom is -0.478 e. The molecule has 0 bridgehead atoms. The summed E-state index contributed by atoms with van der Waals surface area (Å²) in [7, 11) is 1.13. The molecule has 2 aromatic rings. The van der Waals surface area contributed by atoms with Crippen LogP contribution >= 0.6 is 0 Å². The van der Waals surface area contributed by atoms with Gasteiger partial charge in [-0.3, -0.25) is 0 Å². The predicted molar refractivity (Wildman–Crippen MR) is 113 cm³/mol. The van der Waals surface area contributed by atoms with Crippen molar-refractivity contribution in [2.45, 2.75) is 32.5 Å². The van der Waals surface area contributed by atoms with Gasteiger partial charge in [-0.05, 0) is 41.2 Å². The van der Waals surface area contributed by atoms with Crippen LogP contribution in [0.2, 0.25) is 0 Å². The Morgan fingerprint density at radius 1 is 1.03 bits per heavy atom. The van der Waals surface area contributed by atoms with Crippen LogP contribution in [-0.2, 0) is 0 Å². The van der Waals surface area contributed by atoms with Gasteiger partial charge in [-0.2, -0.15) is 18.4 Å². The summed E-state index contributed by atoms with van der Waals surface area (Å²) in [6.07, 6.45) is -2.85. The molecule has 1 unspecified atom stereocenters. The highest BCUT2D eigenvalue weighted by atomic mass is 19.4. The van der Waals surface area contributed by atoms with Gasteiger partial charge in [0.1, 0.15) is 0 Å². The monoisotopic (exact) mass is 447 g/mol. The molecule has 9 heteroatoms. The normalized spacial score (nSPS) is 12.2. The lowest BCUT2D eigenvalue weighted by atomic mass is 9.98. The van der Waals surface area contributed by atoms with E-state index in [1.807, 2.05) is 13.8 Å². The van der Waals surface area contributed by atoms with Gasteiger partial charge in [-0.1, -0.05) is 50.2 Å². The molecule has 0 aromatic heterocycles. The van der Waals surface area contributed by atoms with Gasteiger partial charge in [0.2, 0.25) is 0 Å². The second-order valence-corrected chi connectivity index (χ2v) is 7.77. The van der Waals surface area contributed by atoms with Crippen molar-refractivity contribution in [1.29, 1.82) is 5.26 Å². The molecule has 2 rings (SSSR count). The summed E-state index contributed by atoms with van der Waals surface area (Å²) in [5.74, 6) is -1.02. The van der Waals surface area contributed by atoms with E-state index in [4.69, 9.17) is 10.4 Å². The number of carbonyl (C=O) groups is 2. The van der Waals surface area contributed by atoms with Gasteiger partial charge in [0.15, 0.2) is 12.2 Å². The van der Waals surface area contributed by atoms with Gasteiger partial charge < -0.3 is 10.0 Å². The summed E-state index contributed by atoms with van der Waals surface area (Å²) in [6, 6.07) is 8.28. The Labute approximate surface area is 184 Å². The number of hydrogen-bond acceptors (Lipinski definition) is 3. The van der Waals surface area contributed by atoms with E-state index in [9.17, 15) is 22.8 Å². The average molecular weight is 447 g/mol. The van der Waals surface area contributed by atoms with E-state index < -0.39 is 24.2 Å². The summed E-state index contributed by atoms with van der Waals surface area (Å²) >= 11 is 0. The molecule has 0 saturated heterocycles. The molecular formula is C23H24F3N3O3. The zero-order valence-corrected chi connectivity index (χ0v) is 17.9. The van der Waals surface area contributed by atoms with Gasteiger partial charge in [0, 0.05) is 13.6 Å². The van der Waals surface area contributed by atoms with Gasteiger partial charge in [0.25, 0.3) is 0 Å². The highest BCUT2D eigenvalue weighted by Gasteiger charge is 2.47. The third-order valence-corrected chi connectivity index (χ3v) is 4.94. The zero-order chi connectivity index (χ0) is 24.1. The van der Waals surface area contributed by atoms with Crippen LogP contribution in [0.3, 0.4) is 0 Å². The maximum absolute atomic E-state index is 14.1. The van der Waals surface area contributed by atoms with Crippen LogP contribution in [0.5, 0.6) is 0 Å². The Balaban J connectivity index is 2.43. The smallest absolute Gasteiger partial charge is 0.413 e. The summed E-state index contributed by atoms with van der Waals surface area (Å²) in [4.78, 5) is 24.9. The van der Waals surface area contributed by atoms with E-state index in [1.54, 1.807) is 18.3 Å². The first-order chi connectivity index (χ1) is 15.0. The van der Waals surface area contributed by atoms with Crippen LogP contribution in [0, 0.1) is 17.4 Å². The molecule has 0 radical (unpaired) electrons. The standard InChI is InChI=1S/C23H24F3N3O3/c1-15(2)12-13-29(22(32)28(3)14-27)20(23(24,25)26)18-8-4-16(5-9-18)17-6-10-19(11-7-17)21(30)31/h4-11,15,20H,12-13H2,1-3H3,(H,30,31). The van der Waals surface area contributed by atoms with Crippen LogP contribution < -0.4 is 0 Å². The van der Waals surface area contributed by atoms with Crippen LogP contribution in [0.25, 0.3) is 11.1 Å². The third-order valence-electron chi connectivity index (χ3n) is 4.94. The molecule has 0 heterocycles. The van der Waals surface area contributed by atoms with Crippen molar-refractivity contribution >= 4 is 12.0 Å². The quantitative estimate of drug-likeness (QED) is 0.446. The second-order valence-electron chi connectivity index (χ2n) is 7.77. The number of carboxylic acids is 1. The average Bonchev–Trinajstić information content (AvgIpc) is 2.74. The van der Waals surface area contributed by atoms with Gasteiger partial charge in [-0.25, -0.2) is 14.5 Å². The van der Waals surface area contributed by atoms with Crippen molar-refractivity contribution in [3.8, 4) is 17.3 Å². The number of rotatable bonds is 7. The fourth-order valence-corrected chi connectivity index (χ4v) is 3.18. The maximum Gasteiger partial charge on any atom is 0.413 e. The SMILES string of the molecule is CC(C)CCN(C(=O)N(C)C#N)C(c1ccc(-c2ccc(C(=O)O)cc2)cc1)C(F)(F)F. The first-order valence-corrected chi connectivity index (χ1v) is 9.90. The van der Waals surface area contributed by atoms with Crippen LogP contribution in [0.1, 0.15) is 42.2 Å². The summed E-state index contributed by atoms with van der Waals surface area (Å²) in [6.45, 7) is 3.51. The van der Waals surface area contributed by atoms with E-state index in [-0.39, 0.29) is 23.6 Å². The van der Waals surface area contributed by atoms with E-state index in [2.05, 4.69) is 0 Å². The molecule has 0 saturated carbocycles. The lowest BCUT2D eigenvalue weighted by molar-refractivity contribution is -0.179. The molecular weight excluding hydrogens is 423 g/mol. The Hall–Kier alpha value is -3.54. The number of carbonyl (C=O) groups excluding carboxylic acids is 1. The number of carboxylic acid groups (broad SMARTS) is 1. The molecule has 1 atom stereocenters. The fourth-order valence-electron chi connectivity index (χ4n) is 3.18. The fraction of sp³-hybridized carbons (Fsp3) is 0.348. The number of nitrogens with zero attached hydrogens (tertiary/aromatic N) is 3. The Bertz CT molecular complexity index is 981. The number of halogens is 3. The molecule has 0 spiro atoms. The van der Waals surface area contributed by atoms with Crippen molar-refractivity contribution in [3.63, 3.8) is 0 Å². The van der Waals surface area contributed by atoms with Crippen molar-refractivity contribution in [1.82, 2.24) is 9.80 Å². The largest absolute Gasteiger partial charge is 0.478 e. The first-order valence-electron chi connectivity index (χ1n) is 9.90. The number of nitriles is 1. The van der Waals surface area contributed by atoms with Crippen LogP contribution in [0.15, 0.2) is 48.5 Å². The molecule has 32 heavy (non-hydrogen) atoms. The molecule has 0 aliphatic carbocycles. The highest BCUT2D eigenvalue weighted by molar-refractivity contribution is 5.88. The van der Waals surface area contributed by atoms with E-state index in [1.165, 1.54) is 36.4 Å². The Kier molecular flexibility index (Phi) is 7.87. The molecule has 0 aliphatic heterocycles. The lowest BCUT2D eigenvalue weighted by Gasteiger charge is -2.35. The number of amides is 2. The molecule has 6 nitrogen and oxygen atoms in total. The van der Waals surface area contributed by atoms with Crippen molar-refractivity contribution in [2.24, 2.45) is 5.92 Å². The zero-order valence-electron chi connectivity index (χ0n) is 17.9. The number of aromatic carboxylic acids is 1. The minimum atomic E-state index is -4.76. The van der Waals surface area contributed by atoms with Crippen molar-refractivity contribution < 1.29 is 27.9 Å². The predicted octanol–water partition coefficient (Wildman–Crippen LogP) is 5.54. The molecule has 2 amide bonds. The Morgan fingerprint density at radius 3 is 1.94 bits per heavy atom. The van der Waals surface area contributed by atoms with Gasteiger partial charge in [0.05, 0.1) is 5.56 Å². The molecule has 2 aromatic carbocycles. The van der Waals surface area contributed by atoms with E-state index >= 15 is 0 Å². The number of hydrogen-bond donors (Lipinski definition) is 1. The third kappa shape index (κ3) is 6.00. The minimum absolute atomic E-state index is 0.0581. The molecule has 0 aliphatic rings. The maximum atomic E-state index is 14.1. The summed E-state index contributed by atoms with van der Waals surface area (Å²) < 4.78 is 42.3. The first kappa shape index (κ1) is 24.7. The van der Waals surface area contributed by atoms with Crippen molar-refractivity contribution in [3.05, 3.63) is 59.7 Å². The lowest BCUT2D eigenvalue weighted by Crippen LogP contribution is -2.47. The topological polar surface area (TPSA) is 84.6 Å². The number of alkyl halides is 3. The van der Waals surface area contributed by atoms with Crippen LogP contribution in [0.4, 0.5) is 18.0 Å². The highest BCUT2D eigenvalue weighted by Crippen LogP contribution is 2.39. The van der Waals surface area contributed by atoms with Gasteiger partial charge >= 0.3 is 18.2 Å². The number of benzene rings is 2. The molecule has 0 fully saturated rings. The second kappa shape index (κ2) is 10.2. The van der Waals surface area contributed by atoms with Crippen molar-refractivity contribution in [2.75, 3.05) is 13.6 Å². The summed E-state index contributed by atoms with van der Waals surface area (Å²) in [5.41, 5.74) is 1.21. The van der Waals surface area contributed by atoms with E-state index in [0.717, 1.165) is 7.05 Å². The van der Waals surface area contributed by atoms with E-state index in [0.29, 0.717) is 27.3 Å². The summed E-state index contributed by atoms with van der Waals surface area (Å²) in [5, 5.41) is 18.0. The van der Waals surface area contributed by atoms with Gasteiger partial charge in [-0.15, -0.1) is 0 Å². The van der Waals surface area contributed by atoms with Crippen LogP contribution in [-0.4, -0.2) is 46.7 Å². The molecule has 170 valence electrons. The number of urea groups is 1. The Morgan fingerprint density at radius 2 is 1.53 bits per heavy atom.